The van der Waals surface area contributed by atoms with E-state index in [1.54, 1.807) is 7.11 Å². The van der Waals surface area contributed by atoms with Crippen molar-refractivity contribution in [2.45, 2.75) is 38.8 Å². The molecule has 0 saturated carbocycles. The molecule has 0 aliphatic carbocycles. The van der Waals surface area contributed by atoms with E-state index in [0.29, 0.717) is 6.04 Å². The van der Waals surface area contributed by atoms with Gasteiger partial charge < -0.3 is 10.1 Å². The summed E-state index contributed by atoms with van der Waals surface area (Å²) in [6.45, 7) is 9.20. The van der Waals surface area contributed by atoms with Crippen molar-refractivity contribution in [2.24, 2.45) is 0 Å². The van der Waals surface area contributed by atoms with Gasteiger partial charge in [0.15, 0.2) is 0 Å². The largest absolute Gasteiger partial charge is 0.383 e. The Hall–Kier alpha value is -0.970. The van der Waals surface area contributed by atoms with Crippen LogP contribution in [-0.4, -0.2) is 55.3 Å². The number of nitrogens with zero attached hydrogens (tertiary/aromatic N) is 2. The van der Waals surface area contributed by atoms with Gasteiger partial charge >= 0.3 is 0 Å². The van der Waals surface area contributed by atoms with Gasteiger partial charge in [0.2, 0.25) is 0 Å². The Bertz CT molecular complexity index is 362. The molecule has 20 heavy (non-hydrogen) atoms. The molecule has 4 nitrogen and oxygen atoms in total. The fourth-order valence-electron chi connectivity index (χ4n) is 1.98. The number of nitrogens with one attached hydrogen (secondary N) is 1. The predicted octanol–water partition coefficient (Wildman–Crippen LogP) is 1.96. The molecule has 0 bridgehead atoms. The highest BCUT2D eigenvalue weighted by Gasteiger charge is 2.18. The lowest BCUT2D eigenvalue weighted by atomic mass is 10.1. The van der Waals surface area contributed by atoms with Crippen molar-refractivity contribution < 1.29 is 4.74 Å². The summed E-state index contributed by atoms with van der Waals surface area (Å²) in [5.41, 5.74) is 1.27. The van der Waals surface area contributed by atoms with Gasteiger partial charge in [-0.15, -0.1) is 0 Å². The summed E-state index contributed by atoms with van der Waals surface area (Å²) in [5.74, 6) is 0. The van der Waals surface area contributed by atoms with Crippen LogP contribution in [0.1, 0.15) is 26.5 Å². The first-order valence-electron chi connectivity index (χ1n) is 7.26. The van der Waals surface area contributed by atoms with Crippen LogP contribution in [0.2, 0.25) is 0 Å². The number of ether oxygens (including phenoxy) is 1. The number of aromatic nitrogens is 1. The van der Waals surface area contributed by atoms with Crippen LogP contribution < -0.4 is 5.32 Å². The van der Waals surface area contributed by atoms with Crippen molar-refractivity contribution >= 4 is 0 Å². The Morgan fingerprint density at radius 2 is 2.10 bits per heavy atom. The minimum atomic E-state index is 0.133. The van der Waals surface area contributed by atoms with E-state index < -0.39 is 0 Å². The highest BCUT2D eigenvalue weighted by molar-refractivity contribution is 5.03. The van der Waals surface area contributed by atoms with E-state index in [0.717, 1.165) is 31.8 Å². The highest BCUT2D eigenvalue weighted by Crippen LogP contribution is 2.04. The molecule has 0 aliphatic heterocycles. The molecule has 0 amide bonds. The maximum atomic E-state index is 5.35. The van der Waals surface area contributed by atoms with Crippen molar-refractivity contribution in [1.82, 2.24) is 15.2 Å². The zero-order chi connectivity index (χ0) is 15.0. The number of hydrogen-bond donors (Lipinski definition) is 1. The van der Waals surface area contributed by atoms with E-state index in [1.807, 2.05) is 18.3 Å². The lowest BCUT2D eigenvalue weighted by Crippen LogP contribution is -2.48. The van der Waals surface area contributed by atoms with Gasteiger partial charge in [0.25, 0.3) is 0 Å². The van der Waals surface area contributed by atoms with Crippen molar-refractivity contribution in [3.63, 3.8) is 0 Å². The second-order valence-corrected chi connectivity index (χ2v) is 6.29. The van der Waals surface area contributed by atoms with Crippen LogP contribution >= 0.6 is 0 Å². The van der Waals surface area contributed by atoms with Crippen LogP contribution in [0.15, 0.2) is 24.4 Å². The van der Waals surface area contributed by atoms with Gasteiger partial charge in [-0.3, -0.25) is 9.88 Å². The quantitative estimate of drug-likeness (QED) is 0.789. The minimum absolute atomic E-state index is 0.133. The molecular weight excluding hydrogens is 250 g/mol. The zero-order valence-corrected chi connectivity index (χ0v) is 13.5. The number of likely N-dealkylation sites (N-methyl/N-ethyl adjacent to an activating group) is 1. The second kappa shape index (κ2) is 8.35. The second-order valence-electron chi connectivity index (χ2n) is 6.29. The van der Waals surface area contributed by atoms with Crippen LogP contribution in [0.4, 0.5) is 0 Å². The summed E-state index contributed by atoms with van der Waals surface area (Å²) < 4.78 is 5.35. The molecule has 0 aromatic carbocycles. The molecule has 1 atom stereocenters. The monoisotopic (exact) mass is 279 g/mol. The first-order valence-corrected chi connectivity index (χ1v) is 7.26. The summed E-state index contributed by atoms with van der Waals surface area (Å²) in [6.07, 6.45) is 2.82. The van der Waals surface area contributed by atoms with E-state index >= 15 is 0 Å². The average molecular weight is 279 g/mol. The first-order chi connectivity index (χ1) is 9.42. The van der Waals surface area contributed by atoms with E-state index in [9.17, 15) is 0 Å². The Morgan fingerprint density at radius 3 is 2.65 bits per heavy atom. The van der Waals surface area contributed by atoms with E-state index in [4.69, 9.17) is 4.74 Å². The Balaban J connectivity index is 2.44. The van der Waals surface area contributed by atoms with Gasteiger partial charge in [-0.25, -0.2) is 0 Å². The van der Waals surface area contributed by atoms with Crippen molar-refractivity contribution in [2.75, 3.05) is 33.9 Å². The van der Waals surface area contributed by atoms with Gasteiger partial charge in [-0.1, -0.05) is 6.07 Å². The molecule has 1 unspecified atom stereocenters. The topological polar surface area (TPSA) is 37.4 Å². The maximum absolute atomic E-state index is 5.35. The minimum Gasteiger partial charge on any atom is -0.383 e. The number of pyridine rings is 1. The van der Waals surface area contributed by atoms with E-state index in [1.165, 1.54) is 0 Å². The predicted molar refractivity (Wildman–Crippen MR) is 84.0 cm³/mol. The van der Waals surface area contributed by atoms with Gasteiger partial charge in [-0.2, -0.15) is 0 Å². The number of rotatable bonds is 8. The lowest BCUT2D eigenvalue weighted by Gasteiger charge is -2.31. The van der Waals surface area contributed by atoms with Gasteiger partial charge in [0.1, 0.15) is 0 Å². The average Bonchev–Trinajstić information content (AvgIpc) is 2.41. The highest BCUT2D eigenvalue weighted by atomic mass is 16.5. The normalized spacial score (nSPS) is 13.7. The molecule has 1 aromatic heterocycles. The summed E-state index contributed by atoms with van der Waals surface area (Å²) in [5, 5.41) is 3.55. The number of hydrogen-bond acceptors (Lipinski definition) is 4. The summed E-state index contributed by atoms with van der Waals surface area (Å²) in [4.78, 5) is 6.71. The zero-order valence-electron chi connectivity index (χ0n) is 13.5. The van der Waals surface area contributed by atoms with Crippen molar-refractivity contribution in [1.29, 1.82) is 0 Å². The molecule has 1 rings (SSSR count). The third kappa shape index (κ3) is 6.98. The first kappa shape index (κ1) is 17.1. The van der Waals surface area contributed by atoms with Gasteiger partial charge in [0, 0.05) is 50.1 Å². The third-order valence-electron chi connectivity index (χ3n) is 3.30. The van der Waals surface area contributed by atoms with Crippen molar-refractivity contribution in [3.8, 4) is 0 Å². The van der Waals surface area contributed by atoms with Crippen LogP contribution in [-0.2, 0) is 11.2 Å². The molecule has 0 spiro atoms. The molecular formula is C16H29N3O. The summed E-state index contributed by atoms with van der Waals surface area (Å²) >= 11 is 0. The fraction of sp³-hybridized carbons (Fsp3) is 0.688. The molecule has 114 valence electrons. The van der Waals surface area contributed by atoms with E-state index in [-0.39, 0.29) is 5.54 Å². The Morgan fingerprint density at radius 1 is 1.35 bits per heavy atom. The van der Waals surface area contributed by atoms with Gasteiger partial charge in [0.05, 0.1) is 6.61 Å². The number of methoxy groups -OCH3 is 1. The van der Waals surface area contributed by atoms with Gasteiger partial charge in [-0.05, 0) is 40.0 Å². The Labute approximate surface area is 123 Å². The maximum Gasteiger partial charge on any atom is 0.0630 e. The van der Waals surface area contributed by atoms with Crippen LogP contribution in [0.5, 0.6) is 0 Å². The fourth-order valence-corrected chi connectivity index (χ4v) is 1.98. The van der Waals surface area contributed by atoms with Crippen molar-refractivity contribution in [3.05, 3.63) is 30.1 Å². The van der Waals surface area contributed by atoms with Crippen LogP contribution in [0, 0.1) is 0 Å². The SMILES string of the molecule is COCC(CNC(C)(C)C)N(C)CCc1ccccn1. The molecule has 0 saturated heterocycles. The molecule has 1 heterocycles. The summed E-state index contributed by atoms with van der Waals surface area (Å²) in [6, 6.07) is 6.44. The molecule has 0 fully saturated rings. The third-order valence-corrected chi connectivity index (χ3v) is 3.30. The molecule has 4 heteroatoms. The summed E-state index contributed by atoms with van der Waals surface area (Å²) in [7, 11) is 3.91. The van der Waals surface area contributed by atoms with E-state index in [2.05, 4.69) is 49.1 Å². The molecule has 0 radical (unpaired) electrons. The smallest absolute Gasteiger partial charge is 0.0630 e. The molecule has 1 aromatic rings. The van der Waals surface area contributed by atoms with Crippen LogP contribution in [0.25, 0.3) is 0 Å². The lowest BCUT2D eigenvalue weighted by molar-refractivity contribution is 0.102. The molecule has 1 N–H and O–H groups in total. The molecule has 0 aliphatic rings. The standard InChI is InChI=1S/C16H29N3O/c1-16(2,3)18-12-15(13-20-5)19(4)11-9-14-8-6-7-10-17-14/h6-8,10,15,18H,9,11-13H2,1-5H3. The Kier molecular flexibility index (Phi) is 7.13. The van der Waals surface area contributed by atoms with Crippen LogP contribution in [0.3, 0.4) is 0 Å².